The van der Waals surface area contributed by atoms with Crippen molar-refractivity contribution in [1.82, 2.24) is 9.55 Å². The highest BCUT2D eigenvalue weighted by Crippen LogP contribution is 2.24. The van der Waals surface area contributed by atoms with E-state index >= 15 is 0 Å². The van der Waals surface area contributed by atoms with Crippen molar-refractivity contribution >= 4 is 22.7 Å². The van der Waals surface area contributed by atoms with E-state index in [-0.39, 0.29) is 0 Å². The van der Waals surface area contributed by atoms with Crippen LogP contribution in [0, 0.1) is 12.8 Å². The summed E-state index contributed by atoms with van der Waals surface area (Å²) >= 11 is 0. The van der Waals surface area contributed by atoms with E-state index in [1.165, 1.54) is 11.1 Å². The monoisotopic (exact) mass is 279 g/mol. The average molecular weight is 279 g/mol. The van der Waals surface area contributed by atoms with E-state index in [9.17, 15) is 0 Å². The van der Waals surface area contributed by atoms with Gasteiger partial charge < -0.3 is 9.88 Å². The summed E-state index contributed by atoms with van der Waals surface area (Å²) in [6.45, 7) is 7.51. The van der Waals surface area contributed by atoms with Gasteiger partial charge in [-0.05, 0) is 42.7 Å². The van der Waals surface area contributed by atoms with Gasteiger partial charge in [-0.1, -0.05) is 38.1 Å². The first-order valence-corrected chi connectivity index (χ1v) is 7.42. The number of anilines is 2. The fourth-order valence-electron chi connectivity index (χ4n) is 2.57. The van der Waals surface area contributed by atoms with Gasteiger partial charge >= 0.3 is 0 Å². The molecule has 0 saturated carbocycles. The molecule has 108 valence electrons. The third-order valence-corrected chi connectivity index (χ3v) is 3.48. The molecular weight excluding hydrogens is 258 g/mol. The molecule has 0 amide bonds. The summed E-state index contributed by atoms with van der Waals surface area (Å²) in [7, 11) is 0. The first-order chi connectivity index (χ1) is 10.1. The second-order valence-corrected chi connectivity index (χ2v) is 5.92. The van der Waals surface area contributed by atoms with E-state index in [4.69, 9.17) is 4.98 Å². The van der Waals surface area contributed by atoms with E-state index in [2.05, 4.69) is 73.1 Å². The molecule has 0 radical (unpaired) electrons. The third-order valence-electron chi connectivity index (χ3n) is 3.48. The van der Waals surface area contributed by atoms with E-state index in [1.54, 1.807) is 0 Å². The van der Waals surface area contributed by atoms with Crippen LogP contribution in [0.3, 0.4) is 0 Å². The molecule has 0 aliphatic rings. The molecule has 0 bridgehead atoms. The summed E-state index contributed by atoms with van der Waals surface area (Å²) in [5, 5.41) is 3.46. The molecule has 1 N–H and O–H groups in total. The topological polar surface area (TPSA) is 29.9 Å². The summed E-state index contributed by atoms with van der Waals surface area (Å²) in [5.74, 6) is 1.48. The van der Waals surface area contributed by atoms with Gasteiger partial charge in [0.05, 0.1) is 11.0 Å². The Kier molecular flexibility index (Phi) is 3.65. The number of hydrogen-bond acceptors (Lipinski definition) is 2. The lowest BCUT2D eigenvalue weighted by Crippen LogP contribution is -2.08. The maximum Gasteiger partial charge on any atom is 0.208 e. The van der Waals surface area contributed by atoms with E-state index in [0.717, 1.165) is 23.7 Å². The largest absolute Gasteiger partial charge is 0.326 e. The lowest BCUT2D eigenvalue weighted by atomic mass is 10.2. The number of aryl methyl sites for hydroxylation is 1. The maximum atomic E-state index is 4.74. The molecule has 21 heavy (non-hydrogen) atoms. The molecule has 1 heterocycles. The Bertz CT molecular complexity index is 756. The Balaban J connectivity index is 2.04. The molecule has 0 fully saturated rings. The van der Waals surface area contributed by atoms with Crippen LogP contribution in [0.5, 0.6) is 0 Å². The lowest BCUT2D eigenvalue weighted by Gasteiger charge is -2.13. The summed E-state index contributed by atoms with van der Waals surface area (Å²) in [5.41, 5.74) is 4.54. The second kappa shape index (κ2) is 5.60. The predicted octanol–water partition coefficient (Wildman–Crippen LogP) is 4.74. The fourth-order valence-corrected chi connectivity index (χ4v) is 2.57. The lowest BCUT2D eigenvalue weighted by molar-refractivity contribution is 0.537. The molecule has 0 aliphatic heterocycles. The molecule has 3 nitrogen and oxygen atoms in total. The minimum absolute atomic E-state index is 0.570. The molecule has 0 spiro atoms. The average Bonchev–Trinajstić information content (AvgIpc) is 2.76. The Labute approximate surface area is 125 Å². The van der Waals surface area contributed by atoms with Crippen molar-refractivity contribution in [2.24, 2.45) is 5.92 Å². The Morgan fingerprint density at radius 2 is 1.90 bits per heavy atom. The number of nitrogens with one attached hydrogen (secondary N) is 1. The second-order valence-electron chi connectivity index (χ2n) is 5.92. The zero-order valence-electron chi connectivity index (χ0n) is 12.8. The summed E-state index contributed by atoms with van der Waals surface area (Å²) in [6.07, 6.45) is 0. The van der Waals surface area contributed by atoms with Gasteiger partial charge in [-0.25, -0.2) is 4.98 Å². The first kappa shape index (κ1) is 13.7. The highest BCUT2D eigenvalue weighted by Gasteiger charge is 2.11. The van der Waals surface area contributed by atoms with E-state index in [1.807, 2.05) is 6.07 Å². The number of imidazole rings is 1. The summed E-state index contributed by atoms with van der Waals surface area (Å²) in [6, 6.07) is 16.7. The Morgan fingerprint density at radius 1 is 1.10 bits per heavy atom. The minimum atomic E-state index is 0.570. The zero-order chi connectivity index (χ0) is 14.8. The van der Waals surface area contributed by atoms with Crippen molar-refractivity contribution in [3.05, 3.63) is 54.1 Å². The number of fused-ring (bicyclic) bond motifs is 1. The molecular formula is C18H21N3. The van der Waals surface area contributed by atoms with Crippen LogP contribution in [0.4, 0.5) is 11.6 Å². The quantitative estimate of drug-likeness (QED) is 0.747. The van der Waals surface area contributed by atoms with Crippen molar-refractivity contribution in [3.8, 4) is 0 Å². The van der Waals surface area contributed by atoms with Gasteiger partial charge in [0, 0.05) is 12.2 Å². The van der Waals surface area contributed by atoms with Gasteiger partial charge in [0.15, 0.2) is 0 Å². The number of para-hydroxylation sites is 2. The number of nitrogens with zero attached hydrogens (tertiary/aromatic N) is 2. The first-order valence-electron chi connectivity index (χ1n) is 7.42. The Morgan fingerprint density at radius 3 is 2.67 bits per heavy atom. The molecule has 2 aromatic carbocycles. The van der Waals surface area contributed by atoms with Gasteiger partial charge in [-0.3, -0.25) is 0 Å². The highest BCUT2D eigenvalue weighted by molar-refractivity contribution is 5.79. The fraction of sp³-hybridized carbons (Fsp3) is 0.278. The summed E-state index contributed by atoms with van der Waals surface area (Å²) < 4.78 is 2.27. The van der Waals surface area contributed by atoms with E-state index < -0.39 is 0 Å². The maximum absolute atomic E-state index is 4.74. The molecule has 0 saturated heterocycles. The number of aromatic nitrogens is 2. The predicted molar refractivity (Wildman–Crippen MR) is 89.0 cm³/mol. The number of benzene rings is 2. The Hall–Kier alpha value is -2.29. The van der Waals surface area contributed by atoms with Gasteiger partial charge in [0.1, 0.15) is 0 Å². The molecule has 0 aliphatic carbocycles. The zero-order valence-corrected chi connectivity index (χ0v) is 12.8. The molecule has 0 atom stereocenters. The molecule has 3 heteroatoms. The van der Waals surface area contributed by atoms with Crippen LogP contribution >= 0.6 is 0 Å². The van der Waals surface area contributed by atoms with Gasteiger partial charge in [-0.15, -0.1) is 0 Å². The van der Waals surface area contributed by atoms with Gasteiger partial charge in [0.2, 0.25) is 5.95 Å². The molecule has 0 unspecified atom stereocenters. The van der Waals surface area contributed by atoms with Crippen LogP contribution in [0.25, 0.3) is 11.0 Å². The van der Waals surface area contributed by atoms with E-state index in [0.29, 0.717) is 5.92 Å². The SMILES string of the molecule is Cc1cccc(Nc2nc3ccccc3n2CC(C)C)c1. The van der Waals surface area contributed by atoms with Crippen LogP contribution in [0.2, 0.25) is 0 Å². The third kappa shape index (κ3) is 2.92. The normalized spacial score (nSPS) is 11.2. The number of hydrogen-bond donors (Lipinski definition) is 1. The van der Waals surface area contributed by atoms with Crippen molar-refractivity contribution < 1.29 is 0 Å². The van der Waals surface area contributed by atoms with Crippen LogP contribution in [-0.4, -0.2) is 9.55 Å². The van der Waals surface area contributed by atoms with Gasteiger partial charge in [0.25, 0.3) is 0 Å². The van der Waals surface area contributed by atoms with Crippen LogP contribution < -0.4 is 5.32 Å². The molecule has 3 aromatic rings. The van der Waals surface area contributed by atoms with Crippen LogP contribution in [-0.2, 0) is 6.54 Å². The van der Waals surface area contributed by atoms with Crippen LogP contribution in [0.1, 0.15) is 19.4 Å². The molecule has 1 aromatic heterocycles. The van der Waals surface area contributed by atoms with Crippen LogP contribution in [0.15, 0.2) is 48.5 Å². The summed E-state index contributed by atoms with van der Waals surface area (Å²) in [4.78, 5) is 4.74. The van der Waals surface area contributed by atoms with Gasteiger partial charge in [-0.2, -0.15) is 0 Å². The number of rotatable bonds is 4. The van der Waals surface area contributed by atoms with Crippen molar-refractivity contribution in [3.63, 3.8) is 0 Å². The smallest absolute Gasteiger partial charge is 0.208 e. The van der Waals surface area contributed by atoms with Crippen molar-refractivity contribution in [2.45, 2.75) is 27.3 Å². The standard InChI is InChI=1S/C18H21N3/c1-13(2)12-21-17-10-5-4-9-16(17)20-18(21)19-15-8-6-7-14(3)11-15/h4-11,13H,12H2,1-3H3,(H,19,20). The highest BCUT2D eigenvalue weighted by atomic mass is 15.2. The van der Waals surface area contributed by atoms with Crippen molar-refractivity contribution in [2.75, 3.05) is 5.32 Å². The van der Waals surface area contributed by atoms with Crippen molar-refractivity contribution in [1.29, 1.82) is 0 Å². The molecule has 3 rings (SSSR count). The minimum Gasteiger partial charge on any atom is -0.326 e.